The van der Waals surface area contributed by atoms with E-state index in [1.807, 2.05) is 0 Å². The van der Waals surface area contributed by atoms with E-state index in [2.05, 4.69) is 40.6 Å². The molecule has 18 nitrogen and oxygen atoms in total. The standard InChI is InChI=1S/C20H26N5O13P3/c1-22-16-7-3-2-6-15(16)19(26)23-10-4-5-13-11-25(20(27)24-18(13)21)17-9-8-14(36-17)12-35-40(31,32)38-41(33,34)37-39(28,29)30/h2-3,6-7,11,14,17,22H,8-10,12H2,1H3,(H,23,26)(H,31,32)(H,33,34)(H2,21,24,27)(H2,28,29,30)/t14-,17+/m0/s1. The molecular weight excluding hydrogens is 611 g/mol. The Hall–Kier alpha value is -2.90. The highest BCUT2D eigenvalue weighted by molar-refractivity contribution is 7.66. The quantitative estimate of drug-likeness (QED) is 0.132. The smallest absolute Gasteiger partial charge is 0.387 e. The third kappa shape index (κ3) is 9.86. The predicted molar refractivity (Wildman–Crippen MR) is 141 cm³/mol. The van der Waals surface area contributed by atoms with Gasteiger partial charge in [-0.25, -0.2) is 18.5 Å². The summed E-state index contributed by atoms with van der Waals surface area (Å²) in [5.41, 5.74) is 6.26. The Balaban J connectivity index is 1.60. The summed E-state index contributed by atoms with van der Waals surface area (Å²) in [6.07, 6.45) is -0.115. The molecule has 8 N–H and O–H groups in total. The minimum Gasteiger partial charge on any atom is -0.387 e. The van der Waals surface area contributed by atoms with Crippen molar-refractivity contribution in [2.24, 2.45) is 0 Å². The molecule has 4 atom stereocenters. The Morgan fingerprint density at radius 3 is 2.56 bits per heavy atom. The van der Waals surface area contributed by atoms with E-state index in [-0.39, 0.29) is 36.7 Å². The van der Waals surface area contributed by atoms with Crippen LogP contribution in [-0.4, -0.2) is 61.3 Å². The molecule has 1 aliphatic heterocycles. The van der Waals surface area contributed by atoms with E-state index in [1.165, 1.54) is 6.20 Å². The molecule has 0 bridgehead atoms. The van der Waals surface area contributed by atoms with Gasteiger partial charge in [-0.3, -0.25) is 13.9 Å². The highest BCUT2D eigenvalue weighted by atomic mass is 31.3. The van der Waals surface area contributed by atoms with Gasteiger partial charge in [0.2, 0.25) is 0 Å². The van der Waals surface area contributed by atoms with Gasteiger partial charge in [0.25, 0.3) is 5.91 Å². The summed E-state index contributed by atoms with van der Waals surface area (Å²) in [5, 5.41) is 5.56. The highest BCUT2D eigenvalue weighted by Crippen LogP contribution is 2.66. The first-order valence-electron chi connectivity index (χ1n) is 11.5. The third-order valence-electron chi connectivity index (χ3n) is 5.22. The summed E-state index contributed by atoms with van der Waals surface area (Å²) in [6.45, 7) is -0.710. The van der Waals surface area contributed by atoms with Crippen LogP contribution in [0.1, 0.15) is 35.0 Å². The van der Waals surface area contributed by atoms with Gasteiger partial charge in [-0.1, -0.05) is 24.0 Å². The number of phosphoric ester groups is 1. The number of nitrogens with zero attached hydrogens (tertiary/aromatic N) is 2. The Labute approximate surface area is 232 Å². The first-order valence-corrected chi connectivity index (χ1v) is 16.0. The Morgan fingerprint density at radius 1 is 1.17 bits per heavy atom. The van der Waals surface area contributed by atoms with Crippen LogP contribution >= 0.6 is 23.5 Å². The molecule has 1 amide bonds. The van der Waals surface area contributed by atoms with Crippen LogP contribution in [0.15, 0.2) is 35.3 Å². The van der Waals surface area contributed by atoms with Crippen molar-refractivity contribution in [3.8, 4) is 11.8 Å². The number of nitrogen functional groups attached to an aromatic ring is 1. The summed E-state index contributed by atoms with van der Waals surface area (Å²) >= 11 is 0. The average Bonchev–Trinajstić information content (AvgIpc) is 3.33. The molecule has 21 heteroatoms. The monoisotopic (exact) mass is 637 g/mol. The Morgan fingerprint density at radius 2 is 1.88 bits per heavy atom. The van der Waals surface area contributed by atoms with Gasteiger partial charge in [0.05, 0.1) is 30.4 Å². The number of benzene rings is 1. The van der Waals surface area contributed by atoms with Crippen LogP contribution in [0.5, 0.6) is 0 Å². The molecule has 2 aromatic rings. The van der Waals surface area contributed by atoms with Crippen molar-refractivity contribution in [3.05, 3.63) is 52.1 Å². The van der Waals surface area contributed by atoms with Gasteiger partial charge in [-0.2, -0.15) is 13.6 Å². The zero-order chi connectivity index (χ0) is 30.4. The molecule has 41 heavy (non-hydrogen) atoms. The van der Waals surface area contributed by atoms with E-state index in [4.69, 9.17) is 20.3 Å². The number of carbonyl (C=O) groups is 1. The van der Waals surface area contributed by atoms with Gasteiger partial charge in [0.15, 0.2) is 0 Å². The average molecular weight is 637 g/mol. The molecule has 0 radical (unpaired) electrons. The van der Waals surface area contributed by atoms with Crippen LogP contribution in [0.3, 0.4) is 0 Å². The number of carbonyl (C=O) groups excluding carboxylic acids is 1. The topological polar surface area (TPSA) is 271 Å². The lowest BCUT2D eigenvalue weighted by atomic mass is 10.1. The first-order chi connectivity index (χ1) is 19.1. The number of rotatable bonds is 11. The van der Waals surface area contributed by atoms with Crippen molar-refractivity contribution in [2.75, 3.05) is 31.2 Å². The maximum Gasteiger partial charge on any atom is 0.490 e. The van der Waals surface area contributed by atoms with E-state index in [1.54, 1.807) is 31.3 Å². The number of para-hydroxylation sites is 1. The second-order valence-electron chi connectivity index (χ2n) is 8.19. The molecule has 2 unspecified atom stereocenters. The second-order valence-corrected chi connectivity index (χ2v) is 12.6. The predicted octanol–water partition coefficient (Wildman–Crippen LogP) is 0.670. The number of hydrogen-bond donors (Lipinski definition) is 7. The lowest BCUT2D eigenvalue weighted by Gasteiger charge is -2.19. The van der Waals surface area contributed by atoms with Crippen molar-refractivity contribution < 1.29 is 55.9 Å². The summed E-state index contributed by atoms with van der Waals surface area (Å²) in [7, 11) is -14.8. The van der Waals surface area contributed by atoms with Crippen molar-refractivity contribution in [3.63, 3.8) is 0 Å². The summed E-state index contributed by atoms with van der Waals surface area (Å²) in [4.78, 5) is 64.5. The van der Waals surface area contributed by atoms with E-state index in [0.717, 1.165) is 4.57 Å². The number of nitrogens with one attached hydrogen (secondary N) is 2. The molecule has 1 aliphatic rings. The fraction of sp³-hybridized carbons (Fsp3) is 0.350. The van der Waals surface area contributed by atoms with E-state index in [9.17, 15) is 33.1 Å². The summed E-state index contributed by atoms with van der Waals surface area (Å²) in [5.74, 6) is 4.93. The summed E-state index contributed by atoms with van der Waals surface area (Å²) < 4.78 is 52.6. The molecular formula is C20H26N5O13P3. The SMILES string of the molecule is CNc1ccccc1C(=O)NCC#Cc1cn([C@H]2CC[C@@H](COP(=O)(O)OP(=O)(O)OP(=O)(O)O)O2)c(=O)nc1N. The number of hydrogen-bond acceptors (Lipinski definition) is 12. The van der Waals surface area contributed by atoms with Crippen molar-refractivity contribution in [2.45, 2.75) is 25.2 Å². The lowest BCUT2D eigenvalue weighted by molar-refractivity contribution is -0.0242. The van der Waals surface area contributed by atoms with Crippen LogP contribution in [0.4, 0.5) is 11.5 Å². The number of anilines is 2. The fourth-order valence-corrected chi connectivity index (χ4v) is 6.59. The Bertz CT molecular complexity index is 1550. The fourth-order valence-electron chi connectivity index (χ4n) is 3.54. The largest absolute Gasteiger partial charge is 0.490 e. The van der Waals surface area contributed by atoms with Crippen molar-refractivity contribution in [1.29, 1.82) is 0 Å². The van der Waals surface area contributed by atoms with Gasteiger partial charge in [0.1, 0.15) is 12.0 Å². The van der Waals surface area contributed by atoms with Crippen LogP contribution < -0.4 is 22.1 Å². The number of nitrogens with two attached hydrogens (primary N) is 1. The van der Waals surface area contributed by atoms with Crippen LogP contribution in [0.2, 0.25) is 0 Å². The lowest BCUT2D eigenvalue weighted by Crippen LogP contribution is -2.29. The number of ether oxygens (including phenoxy) is 1. The van der Waals surface area contributed by atoms with Crippen LogP contribution in [-0.2, 0) is 31.6 Å². The minimum atomic E-state index is -5.66. The third-order valence-corrected chi connectivity index (χ3v) is 9.02. The first kappa shape index (κ1) is 32.6. The molecule has 0 aliphatic carbocycles. The van der Waals surface area contributed by atoms with Crippen molar-refractivity contribution >= 4 is 40.9 Å². The highest BCUT2D eigenvalue weighted by Gasteiger charge is 2.41. The molecule has 0 saturated carbocycles. The number of aromatic nitrogens is 2. The molecule has 224 valence electrons. The van der Waals surface area contributed by atoms with E-state index in [0.29, 0.717) is 11.3 Å². The minimum absolute atomic E-state index is 0.0436. The molecule has 3 rings (SSSR count). The van der Waals surface area contributed by atoms with E-state index < -0.39 is 48.1 Å². The van der Waals surface area contributed by atoms with Gasteiger partial charge in [-0.15, -0.1) is 0 Å². The molecule has 0 spiro atoms. The van der Waals surface area contributed by atoms with Crippen molar-refractivity contribution in [1.82, 2.24) is 14.9 Å². The van der Waals surface area contributed by atoms with Crippen LogP contribution in [0.25, 0.3) is 0 Å². The van der Waals surface area contributed by atoms with Gasteiger partial charge in [-0.05, 0) is 25.0 Å². The zero-order valence-corrected chi connectivity index (χ0v) is 23.8. The second kappa shape index (κ2) is 13.4. The normalized spacial score (nSPS) is 19.8. The maximum atomic E-state index is 12.4. The maximum absolute atomic E-state index is 12.4. The number of amides is 1. The molecule has 1 saturated heterocycles. The molecule has 1 aromatic heterocycles. The number of phosphoric acid groups is 3. The zero-order valence-electron chi connectivity index (χ0n) is 21.1. The summed E-state index contributed by atoms with van der Waals surface area (Å²) in [6, 6.07) is 6.88. The van der Waals surface area contributed by atoms with Gasteiger partial charge < -0.3 is 40.7 Å². The van der Waals surface area contributed by atoms with Gasteiger partial charge in [0, 0.05) is 18.9 Å². The molecule has 1 aromatic carbocycles. The Kier molecular flexibility index (Phi) is 10.6. The van der Waals surface area contributed by atoms with Crippen LogP contribution in [0, 0.1) is 11.8 Å². The van der Waals surface area contributed by atoms with E-state index >= 15 is 0 Å². The molecule has 1 fully saturated rings. The van der Waals surface area contributed by atoms with Gasteiger partial charge >= 0.3 is 29.2 Å². The molecule has 2 heterocycles.